The molecule has 1 amide bonds. The topological polar surface area (TPSA) is 61.6 Å². The molecule has 4 rings (SSSR count). The van der Waals surface area contributed by atoms with Crippen LogP contribution in [-0.2, 0) is 0 Å². The standard InChI is InChI=1S/C26H32N4O2/c1-19-9-7-12-23(20(19)2)30-17-15-29(16-18-30)14-8-13-27-26(31)25-24(28-21(3)32-25)22-10-5-4-6-11-22/h4-7,9-12H,8,13-18H2,1-3H3,(H,27,31). The zero-order valence-electron chi connectivity index (χ0n) is 19.2. The van der Waals surface area contributed by atoms with Gasteiger partial charge >= 0.3 is 0 Å². The van der Waals surface area contributed by atoms with Crippen molar-refractivity contribution >= 4 is 11.6 Å². The number of hydrogen-bond acceptors (Lipinski definition) is 5. The molecule has 1 N–H and O–H groups in total. The van der Waals surface area contributed by atoms with Gasteiger partial charge in [-0.2, -0.15) is 0 Å². The zero-order chi connectivity index (χ0) is 22.5. The highest BCUT2D eigenvalue weighted by atomic mass is 16.4. The first-order chi connectivity index (χ1) is 15.5. The average Bonchev–Trinajstić information content (AvgIpc) is 3.21. The predicted molar refractivity (Wildman–Crippen MR) is 128 cm³/mol. The number of nitrogens with one attached hydrogen (secondary N) is 1. The van der Waals surface area contributed by atoms with E-state index in [1.807, 2.05) is 30.3 Å². The molecule has 0 radical (unpaired) electrons. The molecular weight excluding hydrogens is 400 g/mol. The number of aryl methyl sites for hydroxylation is 2. The third-order valence-corrected chi connectivity index (χ3v) is 6.21. The third-order valence-electron chi connectivity index (χ3n) is 6.21. The lowest BCUT2D eigenvalue weighted by Crippen LogP contribution is -2.47. The van der Waals surface area contributed by atoms with Crippen molar-refractivity contribution in [3.05, 3.63) is 71.3 Å². The van der Waals surface area contributed by atoms with E-state index in [0.29, 0.717) is 18.1 Å². The average molecular weight is 433 g/mol. The number of benzene rings is 2. The lowest BCUT2D eigenvalue weighted by molar-refractivity contribution is 0.0923. The molecule has 1 aliphatic heterocycles. The summed E-state index contributed by atoms with van der Waals surface area (Å²) >= 11 is 0. The van der Waals surface area contributed by atoms with Gasteiger partial charge in [-0.05, 0) is 44.0 Å². The Labute approximate surface area is 190 Å². The molecule has 0 atom stereocenters. The minimum Gasteiger partial charge on any atom is -0.435 e. The minimum atomic E-state index is -0.204. The lowest BCUT2D eigenvalue weighted by Gasteiger charge is -2.37. The van der Waals surface area contributed by atoms with Crippen LogP contribution in [0.5, 0.6) is 0 Å². The summed E-state index contributed by atoms with van der Waals surface area (Å²) in [6.07, 6.45) is 0.906. The zero-order valence-corrected chi connectivity index (χ0v) is 19.2. The molecule has 0 unspecified atom stereocenters. The summed E-state index contributed by atoms with van der Waals surface area (Å²) in [6.45, 7) is 11.9. The van der Waals surface area contributed by atoms with Gasteiger partial charge in [0.25, 0.3) is 5.91 Å². The number of carbonyl (C=O) groups excluding carboxylic acids is 1. The van der Waals surface area contributed by atoms with Crippen molar-refractivity contribution in [1.29, 1.82) is 0 Å². The van der Waals surface area contributed by atoms with Crippen LogP contribution in [0.3, 0.4) is 0 Å². The van der Waals surface area contributed by atoms with Gasteiger partial charge in [0.1, 0.15) is 5.69 Å². The second-order valence-electron chi connectivity index (χ2n) is 8.43. The number of anilines is 1. The van der Waals surface area contributed by atoms with Crippen molar-refractivity contribution in [2.45, 2.75) is 27.2 Å². The Morgan fingerprint density at radius 1 is 1.00 bits per heavy atom. The third kappa shape index (κ3) is 5.02. The number of rotatable bonds is 7. The van der Waals surface area contributed by atoms with Crippen LogP contribution < -0.4 is 10.2 Å². The number of oxazole rings is 1. The van der Waals surface area contributed by atoms with Gasteiger partial charge in [0.05, 0.1) is 0 Å². The molecule has 1 fully saturated rings. The van der Waals surface area contributed by atoms with Crippen molar-refractivity contribution < 1.29 is 9.21 Å². The van der Waals surface area contributed by atoms with Crippen LogP contribution in [0.4, 0.5) is 5.69 Å². The summed E-state index contributed by atoms with van der Waals surface area (Å²) in [5.74, 6) is 0.579. The van der Waals surface area contributed by atoms with Crippen LogP contribution in [-0.4, -0.2) is 55.1 Å². The van der Waals surface area contributed by atoms with Gasteiger partial charge in [0.15, 0.2) is 5.89 Å². The Hall–Kier alpha value is -3.12. The second kappa shape index (κ2) is 10.0. The normalized spacial score (nSPS) is 14.5. The molecule has 1 saturated heterocycles. The van der Waals surface area contributed by atoms with E-state index in [1.165, 1.54) is 16.8 Å². The van der Waals surface area contributed by atoms with E-state index in [1.54, 1.807) is 6.92 Å². The fraction of sp³-hybridized carbons (Fsp3) is 0.385. The summed E-state index contributed by atoms with van der Waals surface area (Å²) in [7, 11) is 0. The van der Waals surface area contributed by atoms with Gasteiger partial charge in [-0.3, -0.25) is 9.69 Å². The first kappa shape index (κ1) is 22.1. The highest BCUT2D eigenvalue weighted by Crippen LogP contribution is 2.25. The minimum absolute atomic E-state index is 0.204. The monoisotopic (exact) mass is 432 g/mol. The molecule has 0 bridgehead atoms. The van der Waals surface area contributed by atoms with Crippen molar-refractivity contribution in [2.75, 3.05) is 44.2 Å². The van der Waals surface area contributed by atoms with E-state index in [9.17, 15) is 4.79 Å². The van der Waals surface area contributed by atoms with Crippen LogP contribution in [0.1, 0.15) is 34.0 Å². The second-order valence-corrected chi connectivity index (χ2v) is 8.43. The Morgan fingerprint density at radius 2 is 1.75 bits per heavy atom. The Morgan fingerprint density at radius 3 is 2.50 bits per heavy atom. The Balaban J connectivity index is 1.24. The summed E-state index contributed by atoms with van der Waals surface area (Å²) in [4.78, 5) is 22.1. The predicted octanol–water partition coefficient (Wildman–Crippen LogP) is 4.21. The van der Waals surface area contributed by atoms with Crippen LogP contribution >= 0.6 is 0 Å². The Bertz CT molecular complexity index is 1050. The number of nitrogens with zero attached hydrogens (tertiary/aromatic N) is 3. The maximum atomic E-state index is 12.7. The molecule has 0 spiro atoms. The number of carbonyl (C=O) groups is 1. The van der Waals surface area contributed by atoms with Gasteiger partial charge in [-0.25, -0.2) is 4.98 Å². The van der Waals surface area contributed by atoms with Crippen LogP contribution in [0, 0.1) is 20.8 Å². The molecule has 2 heterocycles. The molecule has 2 aromatic carbocycles. The maximum absolute atomic E-state index is 12.7. The molecule has 1 aromatic heterocycles. The highest BCUT2D eigenvalue weighted by Gasteiger charge is 2.21. The largest absolute Gasteiger partial charge is 0.435 e. The number of aromatic nitrogens is 1. The number of amides is 1. The Kier molecular flexibility index (Phi) is 6.90. The fourth-order valence-electron chi connectivity index (χ4n) is 4.25. The molecule has 32 heavy (non-hydrogen) atoms. The smallest absolute Gasteiger partial charge is 0.289 e. The van der Waals surface area contributed by atoms with E-state index in [-0.39, 0.29) is 11.7 Å². The van der Waals surface area contributed by atoms with E-state index < -0.39 is 0 Å². The van der Waals surface area contributed by atoms with Crippen molar-refractivity contribution in [3.8, 4) is 11.3 Å². The van der Waals surface area contributed by atoms with Crippen molar-refractivity contribution in [1.82, 2.24) is 15.2 Å². The molecular formula is C26H32N4O2. The molecule has 168 valence electrons. The van der Waals surface area contributed by atoms with E-state index >= 15 is 0 Å². The van der Waals surface area contributed by atoms with Crippen molar-refractivity contribution in [2.24, 2.45) is 0 Å². The number of hydrogen-bond donors (Lipinski definition) is 1. The molecule has 0 aliphatic carbocycles. The highest BCUT2D eigenvalue weighted by molar-refractivity contribution is 5.97. The summed E-state index contributed by atoms with van der Waals surface area (Å²) in [5, 5.41) is 3.00. The van der Waals surface area contributed by atoms with E-state index in [0.717, 1.165) is 44.7 Å². The SMILES string of the molecule is Cc1nc(-c2ccccc2)c(C(=O)NCCCN2CCN(c3cccc(C)c3C)CC2)o1. The van der Waals surface area contributed by atoms with Crippen LogP contribution in [0.25, 0.3) is 11.3 Å². The van der Waals surface area contributed by atoms with Gasteiger partial charge < -0.3 is 14.6 Å². The van der Waals surface area contributed by atoms with Crippen molar-refractivity contribution in [3.63, 3.8) is 0 Å². The molecule has 6 nitrogen and oxygen atoms in total. The quantitative estimate of drug-likeness (QED) is 0.567. The molecule has 6 heteroatoms. The van der Waals surface area contributed by atoms with Gasteiger partial charge in [-0.1, -0.05) is 42.5 Å². The molecule has 3 aromatic rings. The van der Waals surface area contributed by atoms with Crippen LogP contribution in [0.2, 0.25) is 0 Å². The summed E-state index contributed by atoms with van der Waals surface area (Å²) in [5.41, 5.74) is 5.56. The van der Waals surface area contributed by atoms with E-state index in [2.05, 4.69) is 52.1 Å². The lowest BCUT2D eigenvalue weighted by atomic mass is 10.1. The first-order valence-electron chi connectivity index (χ1n) is 11.4. The number of piperazine rings is 1. The molecule has 1 aliphatic rings. The first-order valence-corrected chi connectivity index (χ1v) is 11.4. The molecule has 0 saturated carbocycles. The van der Waals surface area contributed by atoms with Crippen LogP contribution in [0.15, 0.2) is 52.9 Å². The summed E-state index contributed by atoms with van der Waals surface area (Å²) in [6, 6.07) is 16.2. The van der Waals surface area contributed by atoms with Gasteiger partial charge in [-0.15, -0.1) is 0 Å². The van der Waals surface area contributed by atoms with Gasteiger partial charge in [0.2, 0.25) is 5.76 Å². The van der Waals surface area contributed by atoms with Gasteiger partial charge in [0, 0.05) is 50.9 Å². The van der Waals surface area contributed by atoms with E-state index in [4.69, 9.17) is 4.42 Å². The maximum Gasteiger partial charge on any atom is 0.289 e. The summed E-state index contributed by atoms with van der Waals surface area (Å²) < 4.78 is 5.61. The fourth-order valence-corrected chi connectivity index (χ4v) is 4.25.